The fourth-order valence-electron chi connectivity index (χ4n) is 5.58. The SMILES string of the molecule is O=C(NCCCCNC[C@H](O)c1ccc(O)c2[nH]c(=O)ccc12)c1cccc(NC2(C(=O)O)CCc3ccccc32)c1. The number of anilines is 1. The van der Waals surface area contributed by atoms with Gasteiger partial charge in [0, 0.05) is 35.8 Å². The van der Waals surface area contributed by atoms with Gasteiger partial charge < -0.3 is 36.3 Å². The van der Waals surface area contributed by atoms with E-state index in [1.165, 1.54) is 12.1 Å². The van der Waals surface area contributed by atoms with E-state index >= 15 is 0 Å². The zero-order valence-corrected chi connectivity index (χ0v) is 23.0. The molecule has 0 radical (unpaired) electrons. The lowest BCUT2D eigenvalue weighted by atomic mass is 9.91. The summed E-state index contributed by atoms with van der Waals surface area (Å²) in [6, 6.07) is 20.4. The van der Waals surface area contributed by atoms with Crippen LogP contribution in [0.2, 0.25) is 0 Å². The summed E-state index contributed by atoms with van der Waals surface area (Å²) in [5.41, 5.74) is 2.09. The number of aliphatic hydroxyl groups is 1. The number of rotatable bonds is 12. The van der Waals surface area contributed by atoms with E-state index in [1.807, 2.05) is 24.3 Å². The van der Waals surface area contributed by atoms with Crippen LogP contribution >= 0.6 is 0 Å². The Labute approximate surface area is 242 Å². The van der Waals surface area contributed by atoms with Gasteiger partial charge >= 0.3 is 5.97 Å². The molecule has 3 aromatic carbocycles. The van der Waals surface area contributed by atoms with Gasteiger partial charge in [-0.1, -0.05) is 36.4 Å². The second-order valence-electron chi connectivity index (χ2n) is 10.5. The second-order valence-corrected chi connectivity index (χ2v) is 10.5. The first-order chi connectivity index (χ1) is 20.3. The zero-order valence-electron chi connectivity index (χ0n) is 23.0. The highest BCUT2D eigenvalue weighted by atomic mass is 16.4. The van der Waals surface area contributed by atoms with Gasteiger partial charge in [0.2, 0.25) is 5.56 Å². The molecule has 0 fully saturated rings. The number of aromatic amines is 1. The highest BCUT2D eigenvalue weighted by Crippen LogP contribution is 2.40. The minimum atomic E-state index is -1.24. The summed E-state index contributed by atoms with van der Waals surface area (Å²) in [6.45, 7) is 1.37. The Morgan fingerprint density at radius 2 is 1.79 bits per heavy atom. The van der Waals surface area contributed by atoms with Crippen LogP contribution in [0.25, 0.3) is 10.9 Å². The number of carboxylic acid groups (broad SMARTS) is 1. The summed E-state index contributed by atoms with van der Waals surface area (Å²) in [4.78, 5) is 39.3. The van der Waals surface area contributed by atoms with E-state index in [2.05, 4.69) is 20.9 Å². The van der Waals surface area contributed by atoms with Gasteiger partial charge in [-0.25, -0.2) is 4.79 Å². The number of hydrogen-bond acceptors (Lipinski definition) is 7. The number of nitrogens with one attached hydrogen (secondary N) is 4. The molecule has 0 saturated carbocycles. The van der Waals surface area contributed by atoms with Crippen molar-refractivity contribution in [2.24, 2.45) is 0 Å². The number of aryl methyl sites for hydroxylation is 1. The van der Waals surface area contributed by atoms with Crippen molar-refractivity contribution in [3.05, 3.63) is 105 Å². The predicted molar refractivity (Wildman–Crippen MR) is 160 cm³/mol. The molecule has 1 unspecified atom stereocenters. The normalized spacial score (nSPS) is 16.6. The van der Waals surface area contributed by atoms with Crippen molar-refractivity contribution in [1.29, 1.82) is 0 Å². The number of aromatic nitrogens is 1. The van der Waals surface area contributed by atoms with Crippen LogP contribution in [-0.4, -0.2) is 51.8 Å². The largest absolute Gasteiger partial charge is 0.506 e. The number of carbonyl (C=O) groups excluding carboxylic acids is 1. The molecule has 5 rings (SSSR count). The quantitative estimate of drug-likeness (QED) is 0.127. The number of phenolic OH excluding ortho intramolecular Hbond substituents is 1. The standard InChI is InChI=1S/C32H34N4O6/c37-26-12-10-23(24-11-13-28(39)35-29(24)26)27(38)19-33-16-3-4-17-34-30(40)21-7-5-8-22(18-21)36-32(31(41)42)15-14-20-6-1-2-9-25(20)32/h1-2,5-13,18,27,33,36-38H,3-4,14-17,19H2,(H,34,40)(H,35,39)(H,41,42)/t27-,32?/m0/s1. The molecule has 218 valence electrons. The van der Waals surface area contributed by atoms with E-state index in [1.54, 1.807) is 36.4 Å². The monoisotopic (exact) mass is 570 g/mol. The molecule has 0 aliphatic heterocycles. The van der Waals surface area contributed by atoms with Gasteiger partial charge in [0.15, 0.2) is 5.54 Å². The van der Waals surface area contributed by atoms with Gasteiger partial charge in [0.25, 0.3) is 5.91 Å². The van der Waals surface area contributed by atoms with E-state index < -0.39 is 17.6 Å². The van der Waals surface area contributed by atoms with Gasteiger partial charge in [0.1, 0.15) is 5.75 Å². The number of carbonyl (C=O) groups is 2. The number of aliphatic hydroxyl groups excluding tert-OH is 1. The van der Waals surface area contributed by atoms with Gasteiger partial charge in [-0.15, -0.1) is 0 Å². The van der Waals surface area contributed by atoms with Crippen molar-refractivity contribution < 1.29 is 24.9 Å². The van der Waals surface area contributed by atoms with Crippen LogP contribution in [-0.2, 0) is 16.8 Å². The van der Waals surface area contributed by atoms with Crippen LogP contribution in [0.4, 0.5) is 5.69 Å². The van der Waals surface area contributed by atoms with Crippen molar-refractivity contribution >= 4 is 28.5 Å². The van der Waals surface area contributed by atoms with Gasteiger partial charge in [-0.2, -0.15) is 0 Å². The highest BCUT2D eigenvalue weighted by Gasteiger charge is 2.45. The van der Waals surface area contributed by atoms with E-state index in [-0.39, 0.29) is 23.8 Å². The average molecular weight is 571 g/mol. The Hall–Kier alpha value is -4.67. The first kappa shape index (κ1) is 28.8. The molecule has 7 N–H and O–H groups in total. The molecule has 4 aromatic rings. The van der Waals surface area contributed by atoms with Crippen molar-refractivity contribution in [2.45, 2.75) is 37.3 Å². The summed E-state index contributed by atoms with van der Waals surface area (Å²) in [5.74, 6) is -1.24. The number of fused-ring (bicyclic) bond motifs is 2. The molecule has 0 spiro atoms. The third kappa shape index (κ3) is 6.00. The Morgan fingerprint density at radius 3 is 2.62 bits per heavy atom. The Balaban J connectivity index is 1.08. The lowest BCUT2D eigenvalue weighted by Crippen LogP contribution is -2.41. The van der Waals surface area contributed by atoms with Crippen LogP contribution < -0.4 is 21.5 Å². The summed E-state index contributed by atoms with van der Waals surface area (Å²) >= 11 is 0. The first-order valence-electron chi connectivity index (χ1n) is 14.0. The third-order valence-electron chi connectivity index (χ3n) is 7.76. The van der Waals surface area contributed by atoms with Gasteiger partial charge in [-0.05, 0) is 79.3 Å². The Bertz CT molecular complexity index is 1670. The van der Waals surface area contributed by atoms with Crippen LogP contribution in [0.15, 0.2) is 77.6 Å². The van der Waals surface area contributed by atoms with Crippen LogP contribution in [0.1, 0.15) is 52.4 Å². The number of carboxylic acids is 1. The molecule has 0 saturated heterocycles. The number of amides is 1. The molecule has 0 bridgehead atoms. The Morgan fingerprint density at radius 1 is 0.976 bits per heavy atom. The lowest BCUT2D eigenvalue weighted by Gasteiger charge is -2.28. The van der Waals surface area contributed by atoms with Crippen molar-refractivity contribution in [3.63, 3.8) is 0 Å². The minimum absolute atomic E-state index is 0.0552. The maximum atomic E-state index is 12.8. The minimum Gasteiger partial charge on any atom is -0.506 e. The molecule has 1 aromatic heterocycles. The molecular weight excluding hydrogens is 536 g/mol. The van der Waals surface area contributed by atoms with E-state index in [0.717, 1.165) is 24.0 Å². The van der Waals surface area contributed by atoms with Gasteiger partial charge in [-0.3, -0.25) is 9.59 Å². The number of hydrogen-bond donors (Lipinski definition) is 7. The molecule has 2 atom stereocenters. The van der Waals surface area contributed by atoms with Crippen LogP contribution in [0.3, 0.4) is 0 Å². The number of pyridine rings is 1. The molecule has 1 aliphatic carbocycles. The Kier molecular flexibility index (Phi) is 8.56. The topological polar surface area (TPSA) is 164 Å². The van der Waals surface area contributed by atoms with Gasteiger partial charge in [0.05, 0.1) is 11.6 Å². The number of phenols is 1. The third-order valence-corrected chi connectivity index (χ3v) is 7.76. The number of aromatic hydroxyl groups is 1. The second kappa shape index (κ2) is 12.5. The summed E-state index contributed by atoms with van der Waals surface area (Å²) in [7, 11) is 0. The van der Waals surface area contributed by atoms with Crippen molar-refractivity contribution in [1.82, 2.24) is 15.6 Å². The fraction of sp³-hybridized carbons (Fsp3) is 0.281. The number of benzene rings is 3. The molecule has 1 aliphatic rings. The average Bonchev–Trinajstić information content (AvgIpc) is 3.36. The maximum absolute atomic E-state index is 12.8. The predicted octanol–water partition coefficient (Wildman–Crippen LogP) is 3.41. The number of aliphatic carboxylic acids is 1. The number of H-pyrrole nitrogens is 1. The number of unbranched alkanes of at least 4 members (excludes halogenated alkanes) is 1. The fourth-order valence-corrected chi connectivity index (χ4v) is 5.58. The summed E-state index contributed by atoms with van der Waals surface area (Å²) in [5, 5.41) is 40.7. The lowest BCUT2D eigenvalue weighted by molar-refractivity contribution is -0.142. The summed E-state index contributed by atoms with van der Waals surface area (Å²) < 4.78 is 0. The molecule has 42 heavy (non-hydrogen) atoms. The zero-order chi connectivity index (χ0) is 29.7. The van der Waals surface area contributed by atoms with Crippen LogP contribution in [0.5, 0.6) is 5.75 Å². The molecule has 10 heteroatoms. The van der Waals surface area contributed by atoms with E-state index in [9.17, 15) is 29.7 Å². The highest BCUT2D eigenvalue weighted by molar-refractivity contribution is 5.95. The first-order valence-corrected chi connectivity index (χ1v) is 14.0. The smallest absolute Gasteiger partial charge is 0.334 e. The van der Waals surface area contributed by atoms with Crippen molar-refractivity contribution in [3.8, 4) is 5.75 Å². The van der Waals surface area contributed by atoms with Crippen molar-refractivity contribution in [2.75, 3.05) is 25.0 Å². The molecule has 1 heterocycles. The molecule has 1 amide bonds. The summed E-state index contributed by atoms with van der Waals surface area (Å²) in [6.07, 6.45) is 1.74. The van der Waals surface area contributed by atoms with Crippen LogP contribution in [0, 0.1) is 0 Å². The molecule has 10 nitrogen and oxygen atoms in total. The van der Waals surface area contributed by atoms with E-state index in [0.29, 0.717) is 53.6 Å². The molecular formula is C32H34N4O6. The van der Waals surface area contributed by atoms with E-state index in [4.69, 9.17) is 0 Å². The maximum Gasteiger partial charge on any atom is 0.334 e.